The number of anilines is 3. The number of phosphoric acid groups is 4. The minimum absolute atomic E-state index is 0.0000142. The summed E-state index contributed by atoms with van der Waals surface area (Å²) in [6.07, 6.45) is 7.99. The molecule has 1 amide bonds. The first-order valence-electron chi connectivity index (χ1n) is 31.6. The number of hydrogen-bond donors (Lipinski definition) is 6. The second-order valence-electron chi connectivity index (χ2n) is 25.4. The number of nitrogens with two attached hydrogens (primary N) is 1. The number of thiol groups is 1. The molecule has 2 saturated heterocycles. The second kappa shape index (κ2) is 31.9. The zero-order valence-corrected chi connectivity index (χ0v) is 60.9. The summed E-state index contributed by atoms with van der Waals surface area (Å²) in [4.78, 5) is 95.0. The van der Waals surface area contributed by atoms with E-state index < -0.39 is 111 Å². The van der Waals surface area contributed by atoms with Crippen molar-refractivity contribution in [3.63, 3.8) is 0 Å². The maximum absolute atomic E-state index is 13.8. The molecule has 4 aliphatic heterocycles. The van der Waals surface area contributed by atoms with Crippen molar-refractivity contribution >= 4 is 105 Å². The number of nitrogens with one attached hydrogen (secondary N) is 2. The zero-order valence-electron chi connectivity index (χ0n) is 54.8. The summed E-state index contributed by atoms with van der Waals surface area (Å²) in [5.41, 5.74) is 12.6. The molecule has 0 spiro atoms. The molecule has 5 aliphatic rings. The van der Waals surface area contributed by atoms with E-state index in [-0.39, 0.29) is 61.3 Å². The van der Waals surface area contributed by atoms with Crippen LogP contribution in [0.1, 0.15) is 128 Å². The van der Waals surface area contributed by atoms with Gasteiger partial charge in [0.05, 0.1) is 28.8 Å². The lowest BCUT2D eigenvalue weighted by Gasteiger charge is -2.36. The van der Waals surface area contributed by atoms with E-state index in [1.54, 1.807) is 18.2 Å². The molecule has 6 heterocycles. The number of H-pyrrole nitrogens is 1. The van der Waals surface area contributed by atoms with Crippen molar-refractivity contribution in [1.29, 1.82) is 0 Å². The van der Waals surface area contributed by atoms with Crippen LogP contribution in [-0.4, -0.2) is 130 Å². The number of carbonyl (C=O) groups is 1. The fourth-order valence-corrected chi connectivity index (χ4v) is 18.8. The molecular weight excluding hydrogens is 1460 g/mol. The highest BCUT2D eigenvalue weighted by Crippen LogP contribution is 2.67. The average Bonchev–Trinajstić information content (AvgIpc) is 1.59. The van der Waals surface area contributed by atoms with Crippen LogP contribution < -0.4 is 50.9 Å². The molecule has 1 aliphatic carbocycles. The molecule has 35 nitrogen and oxygen atoms in total. The van der Waals surface area contributed by atoms with Gasteiger partial charge in [0.25, 0.3) is 47.0 Å². The molecule has 552 valence electrons. The summed E-state index contributed by atoms with van der Waals surface area (Å²) >= 11 is 3.58. The number of benzene rings is 2. The molecule has 5 unspecified atom stereocenters. The number of hydrogen-bond acceptors (Lipinski definition) is 31. The van der Waals surface area contributed by atoms with Crippen LogP contribution >= 0.6 is 44.2 Å². The Morgan fingerprint density at radius 1 is 0.830 bits per heavy atom. The molecule has 4 aromatic rings. The second-order valence-corrected chi connectivity index (χ2v) is 34.7. The number of fused-ring (bicyclic) bond motifs is 3. The Morgan fingerprint density at radius 2 is 1.41 bits per heavy atom. The number of aromatic amines is 1. The number of allylic oxidation sites excluding steroid dienone is 8. The van der Waals surface area contributed by atoms with Crippen LogP contribution in [-0.2, 0) is 90.2 Å². The summed E-state index contributed by atoms with van der Waals surface area (Å²) < 4.78 is 152. The summed E-state index contributed by atoms with van der Waals surface area (Å²) in [5.74, 6) is -1.56. The molecule has 42 heteroatoms. The molecule has 6 N–H and O–H groups in total. The maximum Gasteiger partial charge on any atom is 0.280 e. The van der Waals surface area contributed by atoms with Crippen LogP contribution in [0.15, 0.2) is 94.4 Å². The Kier molecular flexibility index (Phi) is 25.2. The van der Waals surface area contributed by atoms with E-state index in [0.29, 0.717) is 70.3 Å². The number of unbranched alkanes of at least 4 members (excludes halogenated alkanes) is 3. The number of aliphatic hydroxyl groups excluding tert-OH is 1. The fraction of sp³-hybridized carbons (Fsp3) is 0.534. The largest absolute Gasteiger partial charge is 0.756 e. The van der Waals surface area contributed by atoms with Gasteiger partial charge in [0.2, 0.25) is 17.6 Å². The number of rotatable bonds is 31. The van der Waals surface area contributed by atoms with E-state index in [1.807, 2.05) is 43.9 Å². The van der Waals surface area contributed by atoms with Gasteiger partial charge in [-0.1, -0.05) is 70.4 Å². The number of nitrogen functional groups attached to an aromatic ring is 1. The topological polar surface area (TPSA) is 504 Å². The normalized spacial score (nSPS) is 24.2. The van der Waals surface area contributed by atoms with Crippen molar-refractivity contribution in [2.75, 3.05) is 66.4 Å². The van der Waals surface area contributed by atoms with Crippen LogP contribution in [0, 0.1) is 12.8 Å². The molecular formula is C58H77N9O26P4S3-4. The molecule has 2 aromatic heterocycles. The van der Waals surface area contributed by atoms with Gasteiger partial charge in [0, 0.05) is 108 Å². The zero-order chi connectivity index (χ0) is 73.0. The lowest BCUT2D eigenvalue weighted by molar-refractivity contribution is -0.539. The number of phosphoric ester groups is 2. The van der Waals surface area contributed by atoms with E-state index in [4.69, 9.17) is 15.4 Å². The lowest BCUT2D eigenvalue weighted by atomic mass is 9.81. The number of imidazole rings is 1. The highest BCUT2D eigenvalue weighted by Gasteiger charge is 2.44. The van der Waals surface area contributed by atoms with Gasteiger partial charge < -0.3 is 64.2 Å². The van der Waals surface area contributed by atoms with E-state index in [9.17, 15) is 78.5 Å². The van der Waals surface area contributed by atoms with E-state index >= 15 is 0 Å². The molecule has 7 atom stereocenters. The van der Waals surface area contributed by atoms with Crippen LogP contribution in [0.5, 0.6) is 5.75 Å². The predicted molar refractivity (Wildman–Crippen MR) is 354 cm³/mol. The Morgan fingerprint density at radius 3 is 2.02 bits per heavy atom. The van der Waals surface area contributed by atoms with Gasteiger partial charge in [-0.3, -0.25) is 46.5 Å². The lowest BCUT2D eigenvalue weighted by Crippen LogP contribution is -2.40. The Labute approximate surface area is 581 Å². The maximum atomic E-state index is 13.8. The number of amides is 1. The van der Waals surface area contributed by atoms with Crippen LogP contribution in [0.2, 0.25) is 0 Å². The van der Waals surface area contributed by atoms with Crippen molar-refractivity contribution in [2.24, 2.45) is 5.92 Å². The predicted octanol–water partition coefficient (Wildman–Crippen LogP) is 4.81. The molecule has 2 aromatic carbocycles. The molecule has 0 bridgehead atoms. The first kappa shape index (κ1) is 78.8. The third-order valence-electron chi connectivity index (χ3n) is 17.5. The van der Waals surface area contributed by atoms with Crippen molar-refractivity contribution in [1.82, 2.24) is 24.8 Å². The number of carbonyl (C=O) groups excluding carboxylic acids is 1. The number of aromatic nitrogens is 4. The van der Waals surface area contributed by atoms with Gasteiger partial charge in [0.15, 0.2) is 23.2 Å². The average molecular weight is 1540 g/mol. The summed E-state index contributed by atoms with van der Waals surface area (Å²) in [7, 11) is -34.0. The van der Waals surface area contributed by atoms with Gasteiger partial charge in [-0.2, -0.15) is 13.4 Å². The Hall–Kier alpha value is -5.34. The van der Waals surface area contributed by atoms with Gasteiger partial charge >= 0.3 is 0 Å². The fourth-order valence-electron chi connectivity index (χ4n) is 12.9. The first-order chi connectivity index (χ1) is 46.8. The Balaban J connectivity index is 0.817. The summed E-state index contributed by atoms with van der Waals surface area (Å²) in [5, 5.41) is 18.0. The molecule has 9 rings (SSSR count). The van der Waals surface area contributed by atoms with Crippen LogP contribution in [0.25, 0.3) is 11.2 Å². The highest BCUT2D eigenvalue weighted by atomic mass is 32.2. The van der Waals surface area contributed by atoms with Crippen LogP contribution in [0.4, 0.5) is 17.3 Å². The highest BCUT2D eigenvalue weighted by molar-refractivity contribution is 7.86. The first-order valence-corrected chi connectivity index (χ1v) is 41.0. The molecule has 1 saturated carbocycles. The van der Waals surface area contributed by atoms with Crippen LogP contribution in [0.3, 0.4) is 0 Å². The number of aryl methyl sites for hydroxylation is 1. The van der Waals surface area contributed by atoms with Gasteiger partial charge in [-0.15, -0.1) is 4.33 Å². The van der Waals surface area contributed by atoms with Crippen molar-refractivity contribution in [2.45, 2.75) is 141 Å². The molecule has 0 radical (unpaired) electrons. The monoisotopic (exact) mass is 1540 g/mol. The van der Waals surface area contributed by atoms with E-state index in [0.717, 1.165) is 73.6 Å². The SMILES string of the molecule is Cc1ccc2c(c1)C(C)(C)/C(=C/C=C1\CCC/C(=C\C=C3/N(CCCS(=O)(=O)[O-])c4ccc(OOOS)cc4C3(C)C)C1=[N+]1CCC(C(=O)NCCCCCCOP(=O)([O-])OP(=O)([O-])OP(=O)([O-])OP(=O)([O-])O[C@H]3O[C@@H](n4cnc5c(=O)[nH]c(N)nc54)CC3O)CC1)N2CCCS(=O)(=O)O. The quantitative estimate of drug-likeness (QED) is 0.00575. The number of aliphatic hydroxyl groups is 1. The standard InChI is InChI=1S/C58H81N9O26P4S3/c1-37-15-19-44-42(33-37)57(2,3)47(65(44)26-11-31-99(79,80)81)21-16-38-13-10-14-39(17-22-48-58(4,5)43-34-41(87-89-90-98)18-20-45(43)66(48)27-12-32-100(82,83)84)51(38)64-28-23-40(24-29-64)53(69)60-25-8-6-7-9-30-85-94(71,72)91-96(75,76)93-97(77,78)92-95(73,74)88-55-46(68)35-49(86-55)67-36-61-50-52(67)62-56(59)63-54(50)70/h15-22,33-34,36,40,46,49,55,68H,6-14,23-32,35H2,1-5H3,(H10-,59,60,62,63,69,70,71,72,73,74,75,76,77,78,79,80,81,82,83,84,98)/p-4/t46?,49-,55-/m1/s1. The van der Waals surface area contributed by atoms with Gasteiger partial charge in [-0.05, 0) is 104 Å². The summed E-state index contributed by atoms with van der Waals surface area (Å²) in [6, 6.07) is 11.4. The van der Waals surface area contributed by atoms with Gasteiger partial charge in [-0.25, -0.2) is 30.9 Å². The van der Waals surface area contributed by atoms with E-state index in [1.165, 1.54) is 0 Å². The van der Waals surface area contributed by atoms with E-state index in [2.05, 4.69) is 112 Å². The molecule has 3 fully saturated rings. The minimum atomic E-state index is -6.60. The molecule has 100 heavy (non-hydrogen) atoms. The smallest absolute Gasteiger partial charge is 0.280 e. The van der Waals surface area contributed by atoms with Crippen molar-refractivity contribution in [3.05, 3.63) is 117 Å². The van der Waals surface area contributed by atoms with Gasteiger partial charge in [0.1, 0.15) is 25.4 Å². The third-order valence-corrected chi connectivity index (χ3v) is 24.9. The number of piperidine rings is 1. The van der Waals surface area contributed by atoms with Crippen molar-refractivity contribution in [3.8, 4) is 5.75 Å². The number of ether oxygens (including phenoxy) is 1. The van der Waals surface area contributed by atoms with Crippen molar-refractivity contribution < 1.29 is 119 Å². The number of nitrogens with zero attached hydrogens (tertiary/aromatic N) is 6. The Bertz CT molecular complexity index is 4400. The summed E-state index contributed by atoms with van der Waals surface area (Å²) in [6.45, 7) is 11.3. The third kappa shape index (κ3) is 20.1. The minimum Gasteiger partial charge on any atom is -0.756 e.